The fraction of sp³-hybridized carbons (Fsp3) is 0.278. The summed E-state index contributed by atoms with van der Waals surface area (Å²) in [4.78, 5) is 48.5. The first-order chi connectivity index (χ1) is 12.8. The normalized spacial score (nSPS) is 10.1. The molecule has 0 aliphatic heterocycles. The Labute approximate surface area is 154 Å². The highest BCUT2D eigenvalue weighted by Gasteiger charge is 2.15. The second-order valence-electron chi connectivity index (χ2n) is 5.68. The fourth-order valence-corrected chi connectivity index (χ4v) is 2.43. The van der Waals surface area contributed by atoms with E-state index in [4.69, 9.17) is 5.26 Å². The van der Waals surface area contributed by atoms with Gasteiger partial charge in [-0.05, 0) is 31.5 Å². The lowest BCUT2D eigenvalue weighted by Gasteiger charge is -2.12. The quantitative estimate of drug-likeness (QED) is 0.770. The van der Waals surface area contributed by atoms with E-state index in [1.54, 1.807) is 32.0 Å². The van der Waals surface area contributed by atoms with Crippen LogP contribution in [0.4, 0.5) is 5.69 Å². The average molecular weight is 370 g/mol. The molecule has 0 spiro atoms. The number of esters is 1. The largest absolute Gasteiger partial charge is 0.465 e. The maximum Gasteiger partial charge on any atom is 0.337 e. The highest BCUT2D eigenvalue weighted by Crippen LogP contribution is 2.17. The van der Waals surface area contributed by atoms with E-state index >= 15 is 0 Å². The van der Waals surface area contributed by atoms with Crippen molar-refractivity contribution >= 4 is 17.6 Å². The van der Waals surface area contributed by atoms with E-state index in [9.17, 15) is 19.2 Å². The van der Waals surface area contributed by atoms with Crippen LogP contribution in [0.5, 0.6) is 0 Å². The number of rotatable bonds is 5. The van der Waals surface area contributed by atoms with Gasteiger partial charge in [-0.25, -0.2) is 14.2 Å². The van der Waals surface area contributed by atoms with Crippen molar-refractivity contribution in [2.24, 2.45) is 0 Å². The van der Waals surface area contributed by atoms with Crippen molar-refractivity contribution in [1.29, 1.82) is 5.26 Å². The molecule has 2 aromatic rings. The Morgan fingerprint density at radius 1 is 1.30 bits per heavy atom. The van der Waals surface area contributed by atoms with Crippen LogP contribution < -0.4 is 16.6 Å². The van der Waals surface area contributed by atoms with Gasteiger partial charge in [0.1, 0.15) is 18.2 Å². The molecule has 2 rings (SSSR count). The third-order valence-corrected chi connectivity index (χ3v) is 3.93. The lowest BCUT2D eigenvalue weighted by molar-refractivity contribution is -0.116. The van der Waals surface area contributed by atoms with E-state index in [1.807, 2.05) is 0 Å². The van der Waals surface area contributed by atoms with Gasteiger partial charge in [0.25, 0.3) is 5.56 Å². The number of aromatic nitrogens is 2. The molecule has 27 heavy (non-hydrogen) atoms. The molecule has 0 bridgehead atoms. The molecule has 9 heteroatoms. The third kappa shape index (κ3) is 4.12. The molecule has 1 aromatic heterocycles. The zero-order chi connectivity index (χ0) is 20.1. The molecule has 1 aromatic carbocycles. The minimum atomic E-state index is -0.831. The Kier molecular flexibility index (Phi) is 5.92. The molecule has 0 saturated carbocycles. The standard InChI is InChI=1S/C18H18N4O5/c1-4-21-9-13(8-19)16(24)22(18(21)26)10-15(23)20-14-7-12(17(25)27-3)6-5-11(14)2/h5-7,9H,4,10H2,1-3H3,(H,20,23). The van der Waals surface area contributed by atoms with E-state index in [1.165, 1.54) is 23.9 Å². The summed E-state index contributed by atoms with van der Waals surface area (Å²) in [7, 11) is 1.24. The van der Waals surface area contributed by atoms with Crippen LogP contribution in [0, 0.1) is 18.3 Å². The van der Waals surface area contributed by atoms with Crippen LogP contribution in [-0.2, 0) is 22.6 Å². The molecule has 140 valence electrons. The predicted molar refractivity (Wildman–Crippen MR) is 96.5 cm³/mol. The summed E-state index contributed by atoms with van der Waals surface area (Å²) in [6.07, 6.45) is 1.17. The van der Waals surface area contributed by atoms with Gasteiger partial charge >= 0.3 is 11.7 Å². The summed E-state index contributed by atoms with van der Waals surface area (Å²) in [5.41, 5.74) is -0.467. The maximum atomic E-state index is 12.4. The average Bonchev–Trinajstić information content (AvgIpc) is 2.66. The van der Waals surface area contributed by atoms with Crippen LogP contribution >= 0.6 is 0 Å². The molecule has 1 heterocycles. The van der Waals surface area contributed by atoms with Gasteiger partial charge < -0.3 is 10.1 Å². The number of amides is 1. The van der Waals surface area contributed by atoms with Crippen molar-refractivity contribution in [3.63, 3.8) is 0 Å². The topological polar surface area (TPSA) is 123 Å². The summed E-state index contributed by atoms with van der Waals surface area (Å²) < 4.78 is 6.52. The summed E-state index contributed by atoms with van der Waals surface area (Å²) in [6, 6.07) is 6.35. The van der Waals surface area contributed by atoms with E-state index in [2.05, 4.69) is 10.1 Å². The molecular formula is C18H18N4O5. The van der Waals surface area contributed by atoms with Crippen LogP contribution in [0.15, 0.2) is 34.0 Å². The third-order valence-electron chi connectivity index (χ3n) is 3.93. The lowest BCUT2D eigenvalue weighted by Crippen LogP contribution is -2.43. The number of ether oxygens (including phenoxy) is 1. The molecule has 0 aliphatic rings. The number of nitriles is 1. The molecular weight excluding hydrogens is 352 g/mol. The van der Waals surface area contributed by atoms with Crippen LogP contribution in [-0.4, -0.2) is 28.1 Å². The fourth-order valence-electron chi connectivity index (χ4n) is 2.43. The Bertz CT molecular complexity index is 1060. The first kappa shape index (κ1) is 19.7. The van der Waals surface area contributed by atoms with Gasteiger partial charge in [-0.2, -0.15) is 5.26 Å². The van der Waals surface area contributed by atoms with Crippen LogP contribution in [0.3, 0.4) is 0 Å². The minimum absolute atomic E-state index is 0.229. The highest BCUT2D eigenvalue weighted by molar-refractivity contribution is 5.95. The molecule has 0 aliphatic carbocycles. The van der Waals surface area contributed by atoms with E-state index in [0.29, 0.717) is 15.8 Å². The molecule has 0 radical (unpaired) electrons. The van der Waals surface area contributed by atoms with Gasteiger partial charge in [-0.15, -0.1) is 0 Å². The number of carbonyl (C=O) groups is 2. The van der Waals surface area contributed by atoms with Gasteiger partial charge in [0.05, 0.1) is 12.7 Å². The van der Waals surface area contributed by atoms with Gasteiger partial charge in [0.15, 0.2) is 0 Å². The zero-order valence-electron chi connectivity index (χ0n) is 15.1. The summed E-state index contributed by atoms with van der Waals surface area (Å²) in [6.45, 7) is 3.09. The number of anilines is 1. The zero-order valence-corrected chi connectivity index (χ0v) is 15.1. The molecule has 0 unspecified atom stereocenters. The van der Waals surface area contributed by atoms with Crippen LogP contribution in [0.25, 0.3) is 0 Å². The van der Waals surface area contributed by atoms with Gasteiger partial charge in [-0.3, -0.25) is 14.2 Å². The van der Waals surface area contributed by atoms with Crippen molar-refractivity contribution in [2.75, 3.05) is 12.4 Å². The van der Waals surface area contributed by atoms with Gasteiger partial charge in [-0.1, -0.05) is 6.07 Å². The minimum Gasteiger partial charge on any atom is -0.465 e. The molecule has 0 fully saturated rings. The van der Waals surface area contributed by atoms with Gasteiger partial charge in [0, 0.05) is 18.4 Å². The molecule has 1 amide bonds. The number of benzene rings is 1. The first-order valence-corrected chi connectivity index (χ1v) is 8.05. The van der Waals surface area contributed by atoms with Crippen LogP contribution in [0.2, 0.25) is 0 Å². The van der Waals surface area contributed by atoms with Crippen molar-refractivity contribution in [2.45, 2.75) is 26.9 Å². The molecule has 0 atom stereocenters. The Morgan fingerprint density at radius 3 is 2.59 bits per heavy atom. The summed E-state index contributed by atoms with van der Waals surface area (Å²) in [5.74, 6) is -1.20. The first-order valence-electron chi connectivity index (χ1n) is 8.05. The lowest BCUT2D eigenvalue weighted by atomic mass is 10.1. The van der Waals surface area contributed by atoms with E-state index in [0.717, 1.165) is 0 Å². The van der Waals surface area contributed by atoms with E-state index in [-0.39, 0.29) is 17.7 Å². The monoisotopic (exact) mass is 370 g/mol. The number of nitrogens with one attached hydrogen (secondary N) is 1. The van der Waals surface area contributed by atoms with Crippen LogP contribution in [0.1, 0.15) is 28.4 Å². The highest BCUT2D eigenvalue weighted by atomic mass is 16.5. The van der Waals surface area contributed by atoms with Crippen molar-refractivity contribution in [3.05, 3.63) is 61.9 Å². The number of hydrogen-bond acceptors (Lipinski definition) is 6. The maximum absolute atomic E-state index is 12.4. The Hall–Kier alpha value is -3.67. The summed E-state index contributed by atoms with van der Waals surface area (Å²) in [5, 5.41) is 11.6. The molecule has 9 nitrogen and oxygen atoms in total. The second kappa shape index (κ2) is 8.14. The van der Waals surface area contributed by atoms with Crippen molar-refractivity contribution in [3.8, 4) is 6.07 Å². The number of methoxy groups -OCH3 is 1. The number of aryl methyl sites for hydroxylation is 2. The summed E-state index contributed by atoms with van der Waals surface area (Å²) >= 11 is 0. The number of carbonyl (C=O) groups excluding carboxylic acids is 2. The smallest absolute Gasteiger partial charge is 0.337 e. The van der Waals surface area contributed by atoms with Crippen molar-refractivity contribution in [1.82, 2.24) is 9.13 Å². The Balaban J connectivity index is 2.35. The SMILES string of the molecule is CCn1cc(C#N)c(=O)n(CC(=O)Nc2cc(C(=O)OC)ccc2C)c1=O. The predicted octanol–water partition coefficient (Wildman–Crippen LogP) is 0.635. The van der Waals surface area contributed by atoms with Crippen molar-refractivity contribution < 1.29 is 14.3 Å². The van der Waals surface area contributed by atoms with E-state index < -0.39 is 29.7 Å². The Morgan fingerprint density at radius 2 is 2.00 bits per heavy atom. The number of nitrogens with zero attached hydrogens (tertiary/aromatic N) is 3. The molecule has 1 N–H and O–H groups in total. The second-order valence-corrected chi connectivity index (χ2v) is 5.68. The van der Waals surface area contributed by atoms with Gasteiger partial charge in [0.2, 0.25) is 5.91 Å². The molecule has 0 saturated heterocycles. The number of hydrogen-bond donors (Lipinski definition) is 1.